The molecule has 0 radical (unpaired) electrons. The summed E-state index contributed by atoms with van der Waals surface area (Å²) in [7, 11) is 0. The van der Waals surface area contributed by atoms with E-state index in [-0.39, 0.29) is 0 Å². The van der Waals surface area contributed by atoms with Gasteiger partial charge in [0.1, 0.15) is 0 Å². The maximum absolute atomic E-state index is 5.99. The number of benzene rings is 2. The number of anilines is 1. The molecule has 2 aromatic rings. The summed E-state index contributed by atoms with van der Waals surface area (Å²) in [6.45, 7) is 8.49. The minimum atomic E-state index is 0.445. The van der Waals surface area contributed by atoms with Gasteiger partial charge in [-0.2, -0.15) is 0 Å². The van der Waals surface area contributed by atoms with Gasteiger partial charge in [-0.05, 0) is 55.5 Å². The van der Waals surface area contributed by atoms with E-state index in [1.54, 1.807) is 0 Å². The lowest BCUT2D eigenvalue weighted by atomic mass is 9.99. The number of rotatable bonds is 5. The van der Waals surface area contributed by atoms with E-state index in [1.807, 2.05) is 12.1 Å². The summed E-state index contributed by atoms with van der Waals surface area (Å²) in [5, 5.41) is 3.13. The van der Waals surface area contributed by atoms with E-state index in [1.165, 1.54) is 42.6 Å². The first-order chi connectivity index (χ1) is 12.6. The molecule has 0 saturated carbocycles. The minimum Gasteiger partial charge on any atom is -0.370 e. The van der Waals surface area contributed by atoms with E-state index in [0.29, 0.717) is 12.5 Å². The van der Waals surface area contributed by atoms with Gasteiger partial charge in [-0.25, -0.2) is 4.99 Å². The van der Waals surface area contributed by atoms with Gasteiger partial charge in [0.25, 0.3) is 0 Å². The van der Waals surface area contributed by atoms with Crippen molar-refractivity contribution in [1.82, 2.24) is 4.90 Å². The summed E-state index contributed by atoms with van der Waals surface area (Å²) in [5.74, 6) is 1.27. The van der Waals surface area contributed by atoms with Crippen molar-refractivity contribution in [2.45, 2.75) is 39.8 Å². The van der Waals surface area contributed by atoms with E-state index in [4.69, 9.17) is 5.73 Å². The average Bonchev–Trinajstić information content (AvgIpc) is 2.63. The van der Waals surface area contributed by atoms with Gasteiger partial charge in [0.15, 0.2) is 5.96 Å². The lowest BCUT2D eigenvalue weighted by Gasteiger charge is -2.30. The van der Waals surface area contributed by atoms with Crippen molar-refractivity contribution in [3.8, 4) is 0 Å². The minimum absolute atomic E-state index is 0.445. The number of piperidine rings is 1. The van der Waals surface area contributed by atoms with Crippen molar-refractivity contribution < 1.29 is 0 Å². The van der Waals surface area contributed by atoms with Crippen molar-refractivity contribution in [3.63, 3.8) is 0 Å². The Morgan fingerprint density at radius 3 is 2.50 bits per heavy atom. The number of nitrogens with two attached hydrogens (primary N) is 1. The average molecular weight is 351 g/mol. The standard InChI is InChI=1S/C22H30N4/c1-17-5-11-21(12-6-17)25-22(23)24-14-19-7-9-20(10-8-19)16-26-13-3-4-18(2)15-26/h5-12,18H,3-4,13-16H2,1-2H3,(H3,23,24,25). The molecule has 4 heteroatoms. The first-order valence-electron chi connectivity index (χ1n) is 9.52. The van der Waals surface area contributed by atoms with Crippen LogP contribution in [0.25, 0.3) is 0 Å². The third-order valence-electron chi connectivity index (χ3n) is 4.93. The van der Waals surface area contributed by atoms with Crippen molar-refractivity contribution >= 4 is 11.6 Å². The quantitative estimate of drug-likeness (QED) is 0.629. The van der Waals surface area contributed by atoms with Gasteiger partial charge in [0.2, 0.25) is 0 Å². The van der Waals surface area contributed by atoms with Crippen LogP contribution in [0.15, 0.2) is 53.5 Å². The fourth-order valence-electron chi connectivity index (χ4n) is 3.44. The van der Waals surface area contributed by atoms with E-state index in [0.717, 1.165) is 18.2 Å². The lowest BCUT2D eigenvalue weighted by Crippen LogP contribution is -2.33. The summed E-state index contributed by atoms with van der Waals surface area (Å²) >= 11 is 0. The molecule has 26 heavy (non-hydrogen) atoms. The first kappa shape index (κ1) is 18.5. The number of likely N-dealkylation sites (tertiary alicyclic amines) is 1. The molecule has 1 aliphatic heterocycles. The van der Waals surface area contributed by atoms with Gasteiger partial charge in [-0.3, -0.25) is 4.90 Å². The van der Waals surface area contributed by atoms with Crippen molar-refractivity contribution in [3.05, 3.63) is 65.2 Å². The van der Waals surface area contributed by atoms with E-state index < -0.39 is 0 Å². The Hall–Kier alpha value is -2.33. The molecule has 0 aliphatic carbocycles. The van der Waals surface area contributed by atoms with Gasteiger partial charge in [0, 0.05) is 18.8 Å². The summed E-state index contributed by atoms with van der Waals surface area (Å²) in [6.07, 6.45) is 2.69. The van der Waals surface area contributed by atoms with Crippen LogP contribution in [0.2, 0.25) is 0 Å². The zero-order valence-corrected chi connectivity index (χ0v) is 15.9. The van der Waals surface area contributed by atoms with Crippen LogP contribution in [0, 0.1) is 12.8 Å². The maximum atomic E-state index is 5.99. The molecule has 2 aromatic carbocycles. The van der Waals surface area contributed by atoms with Crippen molar-refractivity contribution in [1.29, 1.82) is 0 Å². The van der Waals surface area contributed by atoms with Crippen molar-refractivity contribution in [2.24, 2.45) is 16.6 Å². The summed E-state index contributed by atoms with van der Waals surface area (Å²) in [5.41, 5.74) is 10.7. The van der Waals surface area contributed by atoms with Crippen LogP contribution in [-0.4, -0.2) is 23.9 Å². The van der Waals surface area contributed by atoms with Crippen LogP contribution in [0.3, 0.4) is 0 Å². The largest absolute Gasteiger partial charge is 0.370 e. The van der Waals surface area contributed by atoms with Crippen LogP contribution < -0.4 is 11.1 Å². The molecule has 1 saturated heterocycles. The summed E-state index contributed by atoms with van der Waals surface area (Å²) < 4.78 is 0. The Labute approximate surface area is 157 Å². The monoisotopic (exact) mass is 350 g/mol. The molecule has 1 heterocycles. The van der Waals surface area contributed by atoms with Crippen LogP contribution >= 0.6 is 0 Å². The Bertz CT molecular complexity index is 719. The SMILES string of the molecule is Cc1ccc(NC(N)=NCc2ccc(CN3CCCC(C)C3)cc2)cc1. The zero-order chi connectivity index (χ0) is 18.4. The Morgan fingerprint density at radius 1 is 1.12 bits per heavy atom. The second kappa shape index (κ2) is 8.86. The third kappa shape index (κ3) is 5.60. The van der Waals surface area contributed by atoms with Crippen LogP contribution in [-0.2, 0) is 13.1 Å². The van der Waals surface area contributed by atoms with Crippen molar-refractivity contribution in [2.75, 3.05) is 18.4 Å². The summed E-state index contributed by atoms with van der Waals surface area (Å²) in [6, 6.07) is 16.9. The Morgan fingerprint density at radius 2 is 1.81 bits per heavy atom. The van der Waals surface area contributed by atoms with Gasteiger partial charge in [0.05, 0.1) is 6.54 Å². The van der Waals surface area contributed by atoms with E-state index in [2.05, 4.69) is 65.5 Å². The molecule has 138 valence electrons. The molecule has 0 aromatic heterocycles. The lowest BCUT2D eigenvalue weighted by molar-refractivity contribution is 0.176. The fourth-order valence-corrected chi connectivity index (χ4v) is 3.44. The molecule has 1 fully saturated rings. The van der Waals surface area contributed by atoms with E-state index >= 15 is 0 Å². The molecule has 0 bridgehead atoms. The molecular formula is C22H30N4. The number of aryl methyl sites for hydroxylation is 1. The highest BCUT2D eigenvalue weighted by Gasteiger charge is 2.15. The topological polar surface area (TPSA) is 53.6 Å². The molecule has 3 rings (SSSR count). The third-order valence-corrected chi connectivity index (χ3v) is 4.93. The number of hydrogen-bond donors (Lipinski definition) is 2. The van der Waals surface area contributed by atoms with Gasteiger partial charge >= 0.3 is 0 Å². The van der Waals surface area contributed by atoms with Crippen LogP contribution in [0.5, 0.6) is 0 Å². The predicted octanol–water partition coefficient (Wildman–Crippen LogP) is 4.15. The van der Waals surface area contributed by atoms with E-state index in [9.17, 15) is 0 Å². The normalized spacial score (nSPS) is 18.7. The molecule has 1 atom stereocenters. The van der Waals surface area contributed by atoms with Gasteiger partial charge < -0.3 is 11.1 Å². The molecule has 3 N–H and O–H groups in total. The van der Waals surface area contributed by atoms with Crippen LogP contribution in [0.4, 0.5) is 5.69 Å². The molecular weight excluding hydrogens is 320 g/mol. The number of nitrogens with one attached hydrogen (secondary N) is 1. The molecule has 0 spiro atoms. The maximum Gasteiger partial charge on any atom is 0.193 e. The number of hydrogen-bond acceptors (Lipinski definition) is 2. The number of nitrogens with zero attached hydrogens (tertiary/aromatic N) is 2. The Kier molecular flexibility index (Phi) is 6.29. The molecule has 4 nitrogen and oxygen atoms in total. The highest BCUT2D eigenvalue weighted by atomic mass is 15.1. The first-order valence-corrected chi connectivity index (χ1v) is 9.52. The highest BCUT2D eigenvalue weighted by Crippen LogP contribution is 2.18. The fraction of sp³-hybridized carbons (Fsp3) is 0.409. The van der Waals surface area contributed by atoms with Crippen LogP contribution in [0.1, 0.15) is 36.5 Å². The van der Waals surface area contributed by atoms with Gasteiger partial charge in [-0.15, -0.1) is 0 Å². The van der Waals surface area contributed by atoms with Gasteiger partial charge in [-0.1, -0.05) is 48.9 Å². The second-order valence-electron chi connectivity index (χ2n) is 7.49. The predicted molar refractivity (Wildman–Crippen MR) is 110 cm³/mol. The zero-order valence-electron chi connectivity index (χ0n) is 15.9. The Balaban J connectivity index is 1.51. The highest BCUT2D eigenvalue weighted by molar-refractivity contribution is 5.92. The molecule has 0 amide bonds. The number of guanidine groups is 1. The number of aliphatic imine (C=N–C) groups is 1. The second-order valence-corrected chi connectivity index (χ2v) is 7.49. The molecule has 1 aliphatic rings. The molecule has 1 unspecified atom stereocenters. The smallest absolute Gasteiger partial charge is 0.193 e. The summed E-state index contributed by atoms with van der Waals surface area (Å²) in [4.78, 5) is 7.00.